The van der Waals surface area contributed by atoms with E-state index in [9.17, 15) is 19.5 Å². The van der Waals surface area contributed by atoms with Crippen molar-refractivity contribution in [3.63, 3.8) is 0 Å². The van der Waals surface area contributed by atoms with Crippen molar-refractivity contribution in [1.82, 2.24) is 15.1 Å². The first-order valence-corrected chi connectivity index (χ1v) is 10.0. The number of carbonyl (C=O) groups excluding carboxylic acids is 3. The zero-order valence-electron chi connectivity index (χ0n) is 17.1. The monoisotopic (exact) mass is 400 g/mol. The summed E-state index contributed by atoms with van der Waals surface area (Å²) in [7, 11) is 3.18. The van der Waals surface area contributed by atoms with Crippen LogP contribution in [0.3, 0.4) is 0 Å². The van der Waals surface area contributed by atoms with Gasteiger partial charge in [0.2, 0.25) is 0 Å². The van der Waals surface area contributed by atoms with Gasteiger partial charge in [0, 0.05) is 26.7 Å². The molecule has 3 N–H and O–H groups in total. The fourth-order valence-corrected chi connectivity index (χ4v) is 3.87. The normalized spacial score (nSPS) is 17.7. The first-order valence-electron chi connectivity index (χ1n) is 10.0. The molecule has 0 bridgehead atoms. The van der Waals surface area contributed by atoms with Gasteiger partial charge in [-0.25, -0.2) is 0 Å². The van der Waals surface area contributed by atoms with Crippen molar-refractivity contribution in [2.75, 3.05) is 26.0 Å². The highest BCUT2D eigenvalue weighted by atomic mass is 16.3. The Morgan fingerprint density at radius 1 is 1.14 bits per heavy atom. The molecule has 8 nitrogen and oxygen atoms in total. The first kappa shape index (κ1) is 20.7. The van der Waals surface area contributed by atoms with Crippen LogP contribution in [0.5, 0.6) is 5.75 Å². The van der Waals surface area contributed by atoms with Crippen molar-refractivity contribution < 1.29 is 19.5 Å². The lowest BCUT2D eigenvalue weighted by molar-refractivity contribution is -0.141. The van der Waals surface area contributed by atoms with Crippen LogP contribution in [0.25, 0.3) is 0 Å². The molecule has 1 heterocycles. The predicted molar refractivity (Wildman–Crippen MR) is 109 cm³/mol. The molecule has 0 spiro atoms. The number of amides is 3. The summed E-state index contributed by atoms with van der Waals surface area (Å²) in [6.45, 7) is 2.32. The van der Waals surface area contributed by atoms with Crippen LogP contribution in [0.1, 0.15) is 49.4 Å². The number of benzene rings is 1. The highest BCUT2D eigenvalue weighted by molar-refractivity contribution is 6.20. The van der Waals surface area contributed by atoms with Crippen LogP contribution in [0.2, 0.25) is 0 Å². The Bertz CT molecular complexity index is 856. The summed E-state index contributed by atoms with van der Waals surface area (Å²) in [4.78, 5) is 41.1. The van der Waals surface area contributed by atoms with E-state index in [4.69, 9.17) is 0 Å². The van der Waals surface area contributed by atoms with E-state index in [1.807, 2.05) is 6.92 Å². The molecule has 0 radical (unpaired) electrons. The van der Waals surface area contributed by atoms with Gasteiger partial charge in [-0.3, -0.25) is 19.3 Å². The number of nitrogens with one attached hydrogen (secondary N) is 2. The average molecular weight is 400 g/mol. The summed E-state index contributed by atoms with van der Waals surface area (Å²) in [6, 6.07) is 4.59. The number of carbonyl (C=O) groups is 3. The molecule has 0 unspecified atom stereocenters. The Kier molecular flexibility index (Phi) is 6.10. The van der Waals surface area contributed by atoms with Crippen molar-refractivity contribution in [2.24, 2.45) is 0 Å². The van der Waals surface area contributed by atoms with Gasteiger partial charge in [-0.1, -0.05) is 25.3 Å². The van der Waals surface area contributed by atoms with Gasteiger partial charge in [-0.2, -0.15) is 0 Å². The zero-order chi connectivity index (χ0) is 21.1. The Morgan fingerprint density at radius 3 is 2.41 bits per heavy atom. The van der Waals surface area contributed by atoms with Gasteiger partial charge < -0.3 is 20.6 Å². The second-order valence-corrected chi connectivity index (χ2v) is 7.58. The second-order valence-electron chi connectivity index (χ2n) is 7.58. The number of phenolic OH excluding ortho intramolecular Hbond substituents is 1. The number of rotatable bonds is 6. The average Bonchev–Trinajstić information content (AvgIpc) is 2.94. The molecule has 2 aliphatic rings. The van der Waals surface area contributed by atoms with Gasteiger partial charge >= 0.3 is 0 Å². The number of likely N-dealkylation sites (N-methyl/N-ethyl adjacent to an activating group) is 1. The second kappa shape index (κ2) is 8.55. The molecule has 1 aromatic carbocycles. The number of phenols is 1. The standard InChI is InChI=1S/C21H28N4O4/c1-4-22-16-17(21(29)25(20(16)28)13-9-6-5-7-10-13)23-15-12-8-11-14(18(15)26)19(27)24(2)3/h8,11-13,22-23,26H,4-7,9-10H2,1-3H3. The molecular formula is C21H28N4O4. The molecule has 1 saturated carbocycles. The Morgan fingerprint density at radius 2 is 1.79 bits per heavy atom. The maximum Gasteiger partial charge on any atom is 0.279 e. The topological polar surface area (TPSA) is 102 Å². The summed E-state index contributed by atoms with van der Waals surface area (Å²) in [5, 5.41) is 16.5. The van der Waals surface area contributed by atoms with E-state index in [-0.39, 0.29) is 46.3 Å². The first-order chi connectivity index (χ1) is 13.9. The van der Waals surface area contributed by atoms with Crippen LogP contribution < -0.4 is 10.6 Å². The van der Waals surface area contributed by atoms with Gasteiger partial charge in [-0.15, -0.1) is 0 Å². The molecule has 1 aliphatic heterocycles. The third kappa shape index (κ3) is 3.92. The van der Waals surface area contributed by atoms with Crippen LogP contribution in [0, 0.1) is 0 Å². The van der Waals surface area contributed by atoms with Crippen LogP contribution in [-0.4, -0.2) is 59.3 Å². The molecule has 0 saturated heterocycles. The van der Waals surface area contributed by atoms with E-state index >= 15 is 0 Å². The number of nitrogens with zero attached hydrogens (tertiary/aromatic N) is 2. The largest absolute Gasteiger partial charge is 0.505 e. The number of hydrogen-bond acceptors (Lipinski definition) is 6. The lowest BCUT2D eigenvalue weighted by atomic mass is 9.94. The number of para-hydroxylation sites is 1. The SMILES string of the molecule is CCNC1=C(Nc2cccc(C(=O)N(C)C)c2O)C(=O)N(C2CCCCC2)C1=O. The number of anilines is 1. The molecule has 1 aliphatic carbocycles. The fourth-order valence-electron chi connectivity index (χ4n) is 3.87. The van der Waals surface area contributed by atoms with Crippen molar-refractivity contribution in [1.29, 1.82) is 0 Å². The summed E-state index contributed by atoms with van der Waals surface area (Å²) in [6.07, 6.45) is 4.73. The van der Waals surface area contributed by atoms with Crippen molar-refractivity contribution in [2.45, 2.75) is 45.1 Å². The minimum Gasteiger partial charge on any atom is -0.505 e. The van der Waals surface area contributed by atoms with Crippen LogP contribution in [0.15, 0.2) is 29.6 Å². The van der Waals surface area contributed by atoms with E-state index < -0.39 is 5.91 Å². The zero-order valence-corrected chi connectivity index (χ0v) is 17.1. The number of aromatic hydroxyl groups is 1. The van der Waals surface area contributed by atoms with Gasteiger partial charge in [0.15, 0.2) is 5.75 Å². The van der Waals surface area contributed by atoms with Crippen LogP contribution in [-0.2, 0) is 9.59 Å². The van der Waals surface area contributed by atoms with Gasteiger partial charge in [-0.05, 0) is 31.9 Å². The van der Waals surface area contributed by atoms with Crippen molar-refractivity contribution in [3.8, 4) is 5.75 Å². The molecule has 8 heteroatoms. The quantitative estimate of drug-likeness (QED) is 0.499. The molecule has 1 aromatic rings. The summed E-state index contributed by atoms with van der Waals surface area (Å²) >= 11 is 0. The molecule has 156 valence electrons. The Hall–Kier alpha value is -3.03. The van der Waals surface area contributed by atoms with Crippen LogP contribution >= 0.6 is 0 Å². The van der Waals surface area contributed by atoms with E-state index in [0.29, 0.717) is 6.54 Å². The number of hydrogen-bond donors (Lipinski definition) is 3. The minimum atomic E-state index is -0.401. The van der Waals surface area contributed by atoms with Crippen LogP contribution in [0.4, 0.5) is 5.69 Å². The lowest BCUT2D eigenvalue weighted by Crippen LogP contribution is -2.43. The van der Waals surface area contributed by atoms with Gasteiger partial charge in [0.05, 0.1) is 11.3 Å². The summed E-state index contributed by atoms with van der Waals surface area (Å²) < 4.78 is 0. The Labute approximate surface area is 170 Å². The molecule has 29 heavy (non-hydrogen) atoms. The summed E-state index contributed by atoms with van der Waals surface area (Å²) in [5.41, 5.74) is 0.625. The number of imide groups is 1. The molecule has 1 fully saturated rings. The van der Waals surface area contributed by atoms with E-state index in [1.165, 1.54) is 15.9 Å². The molecule has 0 aromatic heterocycles. The van der Waals surface area contributed by atoms with Crippen molar-refractivity contribution >= 4 is 23.4 Å². The highest BCUT2D eigenvalue weighted by Gasteiger charge is 2.42. The van der Waals surface area contributed by atoms with E-state index in [2.05, 4.69) is 10.6 Å². The molecule has 0 atom stereocenters. The third-order valence-corrected chi connectivity index (χ3v) is 5.34. The summed E-state index contributed by atoms with van der Waals surface area (Å²) in [5.74, 6) is -1.36. The molecule has 3 rings (SSSR count). The minimum absolute atomic E-state index is 0.104. The third-order valence-electron chi connectivity index (χ3n) is 5.34. The Balaban J connectivity index is 1.94. The lowest BCUT2D eigenvalue weighted by Gasteiger charge is -2.29. The fraction of sp³-hybridized carbons (Fsp3) is 0.476. The highest BCUT2D eigenvalue weighted by Crippen LogP contribution is 2.33. The molecular weight excluding hydrogens is 372 g/mol. The van der Waals surface area contributed by atoms with E-state index in [0.717, 1.165) is 32.1 Å². The van der Waals surface area contributed by atoms with Gasteiger partial charge in [0.1, 0.15) is 11.4 Å². The maximum absolute atomic E-state index is 13.1. The predicted octanol–water partition coefficient (Wildman–Crippen LogP) is 2.03. The smallest absolute Gasteiger partial charge is 0.279 e. The van der Waals surface area contributed by atoms with E-state index in [1.54, 1.807) is 26.2 Å². The van der Waals surface area contributed by atoms with Crippen molar-refractivity contribution in [3.05, 3.63) is 35.2 Å². The van der Waals surface area contributed by atoms with Gasteiger partial charge in [0.25, 0.3) is 17.7 Å². The maximum atomic E-state index is 13.1. The molecule has 3 amide bonds.